The Morgan fingerprint density at radius 2 is 1.64 bits per heavy atom. The first-order chi connectivity index (χ1) is 10.7. The van der Waals surface area contributed by atoms with Crippen molar-refractivity contribution in [3.05, 3.63) is 60.2 Å². The predicted octanol–water partition coefficient (Wildman–Crippen LogP) is 2.34. The average molecular weight is 314 g/mol. The van der Waals surface area contributed by atoms with E-state index in [1.807, 2.05) is 42.5 Å². The van der Waals surface area contributed by atoms with Gasteiger partial charge in [0.25, 0.3) is 5.91 Å². The first-order valence-electron chi connectivity index (χ1n) is 7.06. The van der Waals surface area contributed by atoms with Crippen molar-refractivity contribution >= 4 is 23.2 Å². The quantitative estimate of drug-likeness (QED) is 0.585. The molecule has 0 unspecified atom stereocenters. The number of thiocarbonyl (C=S) groups is 1. The molecule has 114 valence electrons. The highest BCUT2D eigenvalue weighted by Crippen LogP contribution is 2.19. The van der Waals surface area contributed by atoms with Gasteiger partial charge in [0.05, 0.1) is 0 Å². The third-order valence-corrected chi connectivity index (χ3v) is 3.35. The Bertz CT molecular complexity index is 627. The summed E-state index contributed by atoms with van der Waals surface area (Å²) >= 11 is 5.02. The van der Waals surface area contributed by atoms with Crippen LogP contribution in [0.4, 0.5) is 0 Å². The van der Waals surface area contributed by atoms with Gasteiger partial charge >= 0.3 is 0 Å². The second-order valence-electron chi connectivity index (χ2n) is 4.73. The smallest absolute Gasteiger partial charge is 0.257 e. The van der Waals surface area contributed by atoms with Crippen LogP contribution in [-0.2, 0) is 0 Å². The topological polar surface area (TPSA) is 61.4 Å². The molecule has 0 spiro atoms. The zero-order chi connectivity index (χ0) is 15.8. The summed E-state index contributed by atoms with van der Waals surface area (Å²) in [5.41, 5.74) is 2.71. The molecule has 0 aliphatic rings. The maximum absolute atomic E-state index is 12.0. The maximum Gasteiger partial charge on any atom is 0.257 e. The van der Waals surface area contributed by atoms with E-state index in [1.165, 1.54) is 0 Å². The minimum atomic E-state index is -0.249. The highest BCUT2D eigenvalue weighted by molar-refractivity contribution is 7.80. The lowest BCUT2D eigenvalue weighted by molar-refractivity contribution is 0.0976. The fourth-order valence-corrected chi connectivity index (χ4v) is 2.14. The Labute approximate surface area is 135 Å². The lowest BCUT2D eigenvalue weighted by atomic mass is 10.0. The molecule has 0 bridgehead atoms. The van der Waals surface area contributed by atoms with Crippen LogP contribution in [0.5, 0.6) is 0 Å². The van der Waals surface area contributed by atoms with Crippen LogP contribution in [0, 0.1) is 0 Å². The molecule has 0 heterocycles. The predicted molar refractivity (Wildman–Crippen MR) is 91.6 cm³/mol. The van der Waals surface area contributed by atoms with Crippen LogP contribution in [0.2, 0.25) is 0 Å². The summed E-state index contributed by atoms with van der Waals surface area (Å²) in [7, 11) is 0. The van der Waals surface area contributed by atoms with E-state index in [0.717, 1.165) is 11.1 Å². The van der Waals surface area contributed by atoms with Crippen LogP contribution in [0.15, 0.2) is 54.6 Å². The molecule has 3 N–H and O–H groups in total. The van der Waals surface area contributed by atoms with Gasteiger partial charge in [-0.2, -0.15) is 0 Å². The minimum Gasteiger partial charge on any atom is -0.396 e. The van der Waals surface area contributed by atoms with Gasteiger partial charge in [0.2, 0.25) is 0 Å². The third kappa shape index (κ3) is 4.65. The van der Waals surface area contributed by atoms with E-state index in [9.17, 15) is 4.79 Å². The molecule has 0 fully saturated rings. The number of hydrogen-bond donors (Lipinski definition) is 3. The van der Waals surface area contributed by atoms with Gasteiger partial charge in [0.15, 0.2) is 5.11 Å². The molecular formula is C17H18N2O2S. The molecule has 2 aromatic carbocycles. The molecule has 0 saturated heterocycles. The second kappa shape index (κ2) is 8.26. The summed E-state index contributed by atoms with van der Waals surface area (Å²) in [5, 5.41) is 14.4. The Morgan fingerprint density at radius 1 is 1.00 bits per heavy atom. The van der Waals surface area contributed by atoms with Crippen LogP contribution in [0.25, 0.3) is 11.1 Å². The normalized spacial score (nSPS) is 10.0. The molecule has 1 amide bonds. The van der Waals surface area contributed by atoms with Crippen molar-refractivity contribution < 1.29 is 9.90 Å². The summed E-state index contributed by atoms with van der Waals surface area (Å²) < 4.78 is 0. The monoisotopic (exact) mass is 314 g/mol. The van der Waals surface area contributed by atoms with Crippen LogP contribution in [-0.4, -0.2) is 29.3 Å². The van der Waals surface area contributed by atoms with E-state index in [-0.39, 0.29) is 17.6 Å². The Hall–Kier alpha value is -2.24. The fraction of sp³-hybridized carbons (Fsp3) is 0.176. The SMILES string of the molecule is O=C(NC(=S)NCCCO)c1ccc(-c2ccccc2)cc1. The van der Waals surface area contributed by atoms with E-state index < -0.39 is 0 Å². The van der Waals surface area contributed by atoms with Crippen LogP contribution < -0.4 is 10.6 Å². The number of aliphatic hydroxyl groups excluding tert-OH is 1. The van der Waals surface area contributed by atoms with Gasteiger partial charge in [-0.15, -0.1) is 0 Å². The zero-order valence-corrected chi connectivity index (χ0v) is 12.9. The molecule has 0 aliphatic heterocycles. The van der Waals surface area contributed by atoms with Gasteiger partial charge < -0.3 is 10.4 Å². The number of amides is 1. The van der Waals surface area contributed by atoms with Gasteiger partial charge in [-0.05, 0) is 41.9 Å². The Kier molecular flexibility index (Phi) is 6.06. The molecule has 22 heavy (non-hydrogen) atoms. The zero-order valence-electron chi connectivity index (χ0n) is 12.1. The fourth-order valence-electron chi connectivity index (χ4n) is 1.95. The third-order valence-electron chi connectivity index (χ3n) is 3.10. The Morgan fingerprint density at radius 3 is 2.27 bits per heavy atom. The number of hydrogen-bond acceptors (Lipinski definition) is 3. The van der Waals surface area contributed by atoms with Gasteiger partial charge in [0.1, 0.15) is 0 Å². The van der Waals surface area contributed by atoms with Crippen molar-refractivity contribution in [3.63, 3.8) is 0 Å². The summed E-state index contributed by atoms with van der Waals surface area (Å²) in [5.74, 6) is -0.249. The molecule has 0 radical (unpaired) electrons. The van der Waals surface area contributed by atoms with E-state index in [4.69, 9.17) is 17.3 Å². The molecule has 2 rings (SSSR count). The van der Waals surface area contributed by atoms with E-state index in [1.54, 1.807) is 12.1 Å². The summed E-state index contributed by atoms with van der Waals surface area (Å²) in [6.07, 6.45) is 0.585. The lowest BCUT2D eigenvalue weighted by Gasteiger charge is -2.09. The maximum atomic E-state index is 12.0. The van der Waals surface area contributed by atoms with E-state index >= 15 is 0 Å². The Balaban J connectivity index is 1.95. The van der Waals surface area contributed by atoms with Gasteiger partial charge in [-0.3, -0.25) is 10.1 Å². The average Bonchev–Trinajstić information content (AvgIpc) is 2.56. The number of nitrogens with one attached hydrogen (secondary N) is 2. The molecule has 0 saturated carbocycles. The largest absolute Gasteiger partial charge is 0.396 e. The summed E-state index contributed by atoms with van der Waals surface area (Å²) in [4.78, 5) is 12.0. The van der Waals surface area contributed by atoms with Crippen molar-refractivity contribution in [2.45, 2.75) is 6.42 Å². The summed E-state index contributed by atoms with van der Waals surface area (Å²) in [6.45, 7) is 0.618. The molecule has 0 aromatic heterocycles. The van der Waals surface area contributed by atoms with Crippen molar-refractivity contribution in [1.82, 2.24) is 10.6 Å². The van der Waals surface area contributed by atoms with Gasteiger partial charge in [0, 0.05) is 18.7 Å². The first-order valence-corrected chi connectivity index (χ1v) is 7.47. The number of rotatable bonds is 5. The lowest BCUT2D eigenvalue weighted by Crippen LogP contribution is -2.39. The molecule has 4 nitrogen and oxygen atoms in total. The molecule has 0 aliphatic carbocycles. The van der Waals surface area contributed by atoms with Gasteiger partial charge in [-0.1, -0.05) is 42.5 Å². The number of benzene rings is 2. The summed E-state index contributed by atoms with van der Waals surface area (Å²) in [6, 6.07) is 17.3. The van der Waals surface area contributed by atoms with Crippen molar-refractivity contribution in [1.29, 1.82) is 0 Å². The molecule has 2 aromatic rings. The highest BCUT2D eigenvalue weighted by atomic mass is 32.1. The van der Waals surface area contributed by atoms with Crippen molar-refractivity contribution in [2.24, 2.45) is 0 Å². The highest BCUT2D eigenvalue weighted by Gasteiger charge is 2.07. The molecular weight excluding hydrogens is 296 g/mol. The van der Waals surface area contributed by atoms with Crippen molar-refractivity contribution in [3.8, 4) is 11.1 Å². The van der Waals surface area contributed by atoms with Crippen LogP contribution >= 0.6 is 12.2 Å². The van der Waals surface area contributed by atoms with E-state index in [2.05, 4.69) is 10.6 Å². The van der Waals surface area contributed by atoms with Crippen LogP contribution in [0.1, 0.15) is 16.8 Å². The van der Waals surface area contributed by atoms with E-state index in [0.29, 0.717) is 18.5 Å². The number of carbonyl (C=O) groups excluding carboxylic acids is 1. The van der Waals surface area contributed by atoms with Gasteiger partial charge in [-0.25, -0.2) is 0 Å². The first kappa shape index (κ1) is 16.1. The molecule has 5 heteroatoms. The van der Waals surface area contributed by atoms with Crippen molar-refractivity contribution in [2.75, 3.05) is 13.2 Å². The van der Waals surface area contributed by atoms with Crippen LogP contribution in [0.3, 0.4) is 0 Å². The number of aliphatic hydroxyl groups is 1. The standard InChI is InChI=1S/C17H18N2O2S/c20-12-4-11-18-17(22)19-16(21)15-9-7-14(8-10-15)13-5-2-1-3-6-13/h1-3,5-10,20H,4,11-12H2,(H2,18,19,21,22). The number of carbonyl (C=O) groups is 1. The minimum absolute atomic E-state index is 0.0878. The molecule has 0 atom stereocenters. The second-order valence-corrected chi connectivity index (χ2v) is 5.14.